The molecule has 2 unspecified atom stereocenters. The van der Waals surface area contributed by atoms with Crippen LogP contribution in [0.4, 0.5) is 0 Å². The zero-order valence-electron chi connectivity index (χ0n) is 10.2. The van der Waals surface area contributed by atoms with Gasteiger partial charge in [-0.3, -0.25) is 10.2 Å². The minimum atomic E-state index is 0.621. The van der Waals surface area contributed by atoms with Gasteiger partial charge in [-0.1, -0.05) is 19.4 Å². The second-order valence-corrected chi connectivity index (χ2v) is 5.57. The highest BCUT2D eigenvalue weighted by atomic mass is 15.3. The van der Waals surface area contributed by atoms with Crippen molar-refractivity contribution in [1.29, 1.82) is 0 Å². The molecule has 0 amide bonds. The van der Waals surface area contributed by atoms with Crippen LogP contribution >= 0.6 is 0 Å². The molecule has 16 heavy (non-hydrogen) atoms. The highest BCUT2D eigenvalue weighted by Gasteiger charge is 2.37. The molecule has 3 aliphatic rings. The van der Waals surface area contributed by atoms with Crippen LogP contribution in [-0.4, -0.2) is 43.3 Å². The molecule has 3 heteroatoms. The fourth-order valence-electron chi connectivity index (χ4n) is 3.46. The smallest absolute Gasteiger partial charge is 0.0489 e. The number of hydrogen-bond donors (Lipinski definition) is 2. The number of nitrogens with zero attached hydrogens (tertiary/aromatic N) is 1. The maximum absolute atomic E-state index is 3.71. The summed E-state index contributed by atoms with van der Waals surface area (Å²) in [6, 6.07) is 1.39. The maximum atomic E-state index is 3.71. The van der Waals surface area contributed by atoms with Crippen molar-refractivity contribution in [2.24, 2.45) is 5.92 Å². The molecule has 2 saturated heterocycles. The Hall–Kier alpha value is -0.380. The lowest BCUT2D eigenvalue weighted by molar-refractivity contribution is 0.192. The van der Waals surface area contributed by atoms with Gasteiger partial charge in [0.1, 0.15) is 0 Å². The fourth-order valence-corrected chi connectivity index (χ4v) is 3.46. The van der Waals surface area contributed by atoms with Crippen LogP contribution in [-0.2, 0) is 0 Å². The molecule has 0 spiro atoms. The van der Waals surface area contributed by atoms with E-state index in [1.54, 1.807) is 5.57 Å². The highest BCUT2D eigenvalue weighted by molar-refractivity contribution is 5.21. The molecular weight excluding hydrogens is 198 g/mol. The average molecular weight is 221 g/mol. The zero-order valence-corrected chi connectivity index (χ0v) is 10.2. The molecule has 0 aromatic rings. The summed E-state index contributed by atoms with van der Waals surface area (Å²) in [4.78, 5) is 2.63. The minimum absolute atomic E-state index is 0.621. The molecule has 0 aliphatic carbocycles. The molecular formula is C13H23N3. The number of nitrogens with one attached hydrogen (secondary N) is 2. The predicted octanol–water partition coefficient (Wildman–Crippen LogP) is 0.936. The quantitative estimate of drug-likeness (QED) is 0.645. The van der Waals surface area contributed by atoms with Gasteiger partial charge in [-0.2, -0.15) is 0 Å². The summed E-state index contributed by atoms with van der Waals surface area (Å²) in [5.41, 5.74) is 1.60. The number of fused-ring (bicyclic) bond motifs is 1. The van der Waals surface area contributed by atoms with E-state index in [2.05, 4.69) is 28.5 Å². The first-order valence-corrected chi connectivity index (χ1v) is 6.73. The van der Waals surface area contributed by atoms with Crippen LogP contribution in [0.5, 0.6) is 0 Å². The van der Waals surface area contributed by atoms with Crippen LogP contribution in [0.15, 0.2) is 11.6 Å². The van der Waals surface area contributed by atoms with Crippen LogP contribution in [0.2, 0.25) is 0 Å². The van der Waals surface area contributed by atoms with Gasteiger partial charge in [0.05, 0.1) is 0 Å². The van der Waals surface area contributed by atoms with Crippen LogP contribution < -0.4 is 10.6 Å². The highest BCUT2D eigenvalue weighted by Crippen LogP contribution is 2.27. The Morgan fingerprint density at radius 2 is 2.31 bits per heavy atom. The molecule has 0 aromatic carbocycles. The second-order valence-electron chi connectivity index (χ2n) is 5.57. The summed E-state index contributed by atoms with van der Waals surface area (Å²) in [6.07, 6.45) is 6.67. The monoisotopic (exact) mass is 221 g/mol. The summed E-state index contributed by atoms with van der Waals surface area (Å²) in [6.45, 7) is 6.93. The lowest BCUT2D eigenvalue weighted by Crippen LogP contribution is -2.44. The van der Waals surface area contributed by atoms with E-state index in [9.17, 15) is 0 Å². The first-order chi connectivity index (χ1) is 7.84. The lowest BCUT2D eigenvalue weighted by Gasteiger charge is -2.33. The Balaban J connectivity index is 1.74. The number of piperidine rings is 1. The third kappa shape index (κ3) is 1.92. The largest absolute Gasteiger partial charge is 0.312 e. The third-order valence-corrected chi connectivity index (χ3v) is 4.26. The van der Waals surface area contributed by atoms with Gasteiger partial charge in [-0.15, -0.1) is 0 Å². The van der Waals surface area contributed by atoms with Crippen molar-refractivity contribution in [1.82, 2.24) is 15.5 Å². The van der Waals surface area contributed by atoms with E-state index in [0.29, 0.717) is 12.0 Å². The average Bonchev–Trinajstić information content (AvgIpc) is 2.72. The second kappa shape index (κ2) is 4.47. The molecule has 0 aromatic heterocycles. The van der Waals surface area contributed by atoms with Gasteiger partial charge in [0.25, 0.3) is 0 Å². The predicted molar refractivity (Wildman–Crippen MR) is 66.3 cm³/mol. The van der Waals surface area contributed by atoms with Gasteiger partial charge >= 0.3 is 0 Å². The Bertz CT molecular complexity index is 287. The van der Waals surface area contributed by atoms with Gasteiger partial charge in [0, 0.05) is 31.8 Å². The lowest BCUT2D eigenvalue weighted by atomic mass is 9.89. The first-order valence-electron chi connectivity index (χ1n) is 6.73. The topological polar surface area (TPSA) is 27.3 Å². The molecule has 2 fully saturated rings. The molecule has 3 nitrogen and oxygen atoms in total. The summed E-state index contributed by atoms with van der Waals surface area (Å²) in [5.74, 6) is 0.697. The van der Waals surface area contributed by atoms with Crippen molar-refractivity contribution in [3.8, 4) is 0 Å². The molecule has 0 saturated carbocycles. The molecule has 0 radical (unpaired) electrons. The van der Waals surface area contributed by atoms with E-state index in [-0.39, 0.29) is 0 Å². The Morgan fingerprint density at radius 3 is 3.19 bits per heavy atom. The van der Waals surface area contributed by atoms with Crippen molar-refractivity contribution in [2.45, 2.75) is 38.3 Å². The van der Waals surface area contributed by atoms with E-state index < -0.39 is 0 Å². The third-order valence-electron chi connectivity index (χ3n) is 4.26. The number of rotatable bonds is 1. The van der Waals surface area contributed by atoms with Crippen molar-refractivity contribution in [3.63, 3.8) is 0 Å². The molecule has 3 aliphatic heterocycles. The van der Waals surface area contributed by atoms with Crippen molar-refractivity contribution < 1.29 is 0 Å². The van der Waals surface area contributed by atoms with Gasteiger partial charge < -0.3 is 5.32 Å². The van der Waals surface area contributed by atoms with Gasteiger partial charge in [0.2, 0.25) is 0 Å². The molecule has 0 bridgehead atoms. The first kappa shape index (κ1) is 10.8. The Labute approximate surface area is 98.3 Å². The van der Waals surface area contributed by atoms with Gasteiger partial charge in [-0.25, -0.2) is 0 Å². The molecule has 3 atom stereocenters. The zero-order chi connectivity index (χ0) is 11.0. The van der Waals surface area contributed by atoms with Crippen molar-refractivity contribution >= 4 is 0 Å². The van der Waals surface area contributed by atoms with E-state index in [1.807, 2.05) is 0 Å². The van der Waals surface area contributed by atoms with Crippen LogP contribution in [0.3, 0.4) is 0 Å². The van der Waals surface area contributed by atoms with E-state index in [1.165, 1.54) is 25.8 Å². The Morgan fingerprint density at radius 1 is 1.38 bits per heavy atom. The van der Waals surface area contributed by atoms with Crippen LogP contribution in [0.25, 0.3) is 0 Å². The van der Waals surface area contributed by atoms with Gasteiger partial charge in [0.15, 0.2) is 0 Å². The van der Waals surface area contributed by atoms with Crippen LogP contribution in [0.1, 0.15) is 26.2 Å². The molecule has 3 heterocycles. The fraction of sp³-hybridized carbons (Fsp3) is 0.846. The van der Waals surface area contributed by atoms with Crippen molar-refractivity contribution in [2.75, 3.05) is 26.3 Å². The summed E-state index contributed by atoms with van der Waals surface area (Å²) < 4.78 is 0. The minimum Gasteiger partial charge on any atom is -0.312 e. The SMILES string of the molecule is C[C@@H]1C=C(C2NCN3CCCCC23)CNC1. The molecule has 2 N–H and O–H groups in total. The summed E-state index contributed by atoms with van der Waals surface area (Å²) >= 11 is 0. The van der Waals surface area contributed by atoms with E-state index in [4.69, 9.17) is 0 Å². The normalized spacial score (nSPS) is 40.6. The van der Waals surface area contributed by atoms with Crippen molar-refractivity contribution in [3.05, 3.63) is 11.6 Å². The number of hydrogen-bond acceptors (Lipinski definition) is 3. The molecule has 90 valence electrons. The maximum Gasteiger partial charge on any atom is 0.0489 e. The van der Waals surface area contributed by atoms with E-state index in [0.717, 1.165) is 25.8 Å². The van der Waals surface area contributed by atoms with Gasteiger partial charge in [-0.05, 0) is 30.9 Å². The standard InChI is InChI=1S/C13H23N3/c1-10-6-11(8-14-7-10)13-12-4-2-3-5-16(12)9-15-13/h6,10,12-15H,2-5,7-9H2,1H3/t10-,12?,13?/m1/s1. The summed E-state index contributed by atoms with van der Waals surface area (Å²) in [5, 5.41) is 7.24. The molecule has 3 rings (SSSR count). The summed E-state index contributed by atoms with van der Waals surface area (Å²) in [7, 11) is 0. The van der Waals surface area contributed by atoms with Crippen LogP contribution in [0, 0.1) is 5.92 Å². The van der Waals surface area contributed by atoms with E-state index >= 15 is 0 Å². The Kier molecular flexibility index (Phi) is 3.01.